The predicted molar refractivity (Wildman–Crippen MR) is 94.8 cm³/mol. The smallest absolute Gasteiger partial charge is 0.238 e. The standard InChI is InChI=1S/C16H13BrClNO2S/c1-21-14-7-6-12(8-13(14)18)19-15(20)9-22-16(19)10-2-4-11(17)5-3-10/h2-8,16H,9H2,1H3. The molecule has 2 aromatic rings. The maximum atomic E-state index is 12.3. The molecule has 0 saturated carbocycles. The lowest BCUT2D eigenvalue weighted by Gasteiger charge is -2.25. The van der Waals surface area contributed by atoms with E-state index in [1.807, 2.05) is 30.3 Å². The zero-order valence-electron chi connectivity index (χ0n) is 11.8. The lowest BCUT2D eigenvalue weighted by molar-refractivity contribution is -0.115. The van der Waals surface area contributed by atoms with Gasteiger partial charge >= 0.3 is 0 Å². The summed E-state index contributed by atoms with van der Waals surface area (Å²) in [6.07, 6.45) is 0. The molecule has 1 heterocycles. The Balaban J connectivity index is 1.97. The summed E-state index contributed by atoms with van der Waals surface area (Å²) in [5.74, 6) is 1.15. The van der Waals surface area contributed by atoms with Crippen LogP contribution in [-0.4, -0.2) is 18.8 Å². The van der Waals surface area contributed by atoms with Gasteiger partial charge in [0.2, 0.25) is 5.91 Å². The van der Waals surface area contributed by atoms with Crippen LogP contribution in [0.2, 0.25) is 5.02 Å². The van der Waals surface area contributed by atoms with Crippen LogP contribution in [0, 0.1) is 0 Å². The quantitative estimate of drug-likeness (QED) is 0.737. The molecule has 22 heavy (non-hydrogen) atoms. The molecule has 0 aromatic heterocycles. The topological polar surface area (TPSA) is 29.5 Å². The van der Waals surface area contributed by atoms with Crippen molar-refractivity contribution in [3.8, 4) is 5.75 Å². The second kappa shape index (κ2) is 6.52. The van der Waals surface area contributed by atoms with Gasteiger partial charge in [-0.2, -0.15) is 0 Å². The monoisotopic (exact) mass is 397 g/mol. The SMILES string of the molecule is COc1ccc(N2C(=O)CSC2c2ccc(Br)cc2)cc1Cl. The van der Waals surface area contributed by atoms with Crippen molar-refractivity contribution in [1.29, 1.82) is 0 Å². The fourth-order valence-corrected chi connectivity index (χ4v) is 4.08. The van der Waals surface area contributed by atoms with Crippen molar-refractivity contribution in [2.75, 3.05) is 17.8 Å². The minimum Gasteiger partial charge on any atom is -0.495 e. The third-order valence-corrected chi connectivity index (χ3v) is 5.47. The van der Waals surface area contributed by atoms with Crippen LogP contribution < -0.4 is 9.64 Å². The summed E-state index contributed by atoms with van der Waals surface area (Å²) in [4.78, 5) is 14.1. The highest BCUT2D eigenvalue weighted by molar-refractivity contribution is 9.10. The van der Waals surface area contributed by atoms with E-state index < -0.39 is 0 Å². The Hall–Kier alpha value is -1.17. The van der Waals surface area contributed by atoms with Gasteiger partial charge in [-0.3, -0.25) is 9.69 Å². The second-order valence-corrected chi connectivity index (χ2v) is 7.19. The molecule has 0 aliphatic carbocycles. The first-order valence-electron chi connectivity index (χ1n) is 6.63. The maximum Gasteiger partial charge on any atom is 0.238 e. The van der Waals surface area contributed by atoms with E-state index in [2.05, 4.69) is 15.9 Å². The van der Waals surface area contributed by atoms with E-state index in [1.165, 1.54) is 0 Å². The zero-order chi connectivity index (χ0) is 15.7. The van der Waals surface area contributed by atoms with Gasteiger partial charge in [0.25, 0.3) is 0 Å². The molecule has 1 atom stereocenters. The summed E-state index contributed by atoms with van der Waals surface area (Å²) < 4.78 is 6.19. The Kier molecular flexibility index (Phi) is 4.66. The van der Waals surface area contributed by atoms with Gasteiger partial charge in [0.05, 0.1) is 17.9 Å². The van der Waals surface area contributed by atoms with Gasteiger partial charge in [-0.15, -0.1) is 11.8 Å². The third kappa shape index (κ3) is 2.98. The first kappa shape index (κ1) is 15.7. The summed E-state index contributed by atoms with van der Waals surface area (Å²) >= 11 is 11.2. The number of carbonyl (C=O) groups is 1. The Morgan fingerprint density at radius 2 is 2.00 bits per heavy atom. The van der Waals surface area contributed by atoms with E-state index in [9.17, 15) is 4.79 Å². The molecule has 1 amide bonds. The fraction of sp³-hybridized carbons (Fsp3) is 0.188. The van der Waals surface area contributed by atoms with E-state index >= 15 is 0 Å². The van der Waals surface area contributed by atoms with E-state index in [0.29, 0.717) is 16.5 Å². The van der Waals surface area contributed by atoms with Gasteiger partial charge in [-0.1, -0.05) is 39.7 Å². The summed E-state index contributed by atoms with van der Waals surface area (Å²) in [6.45, 7) is 0. The summed E-state index contributed by atoms with van der Waals surface area (Å²) in [7, 11) is 1.57. The summed E-state index contributed by atoms with van der Waals surface area (Å²) in [6, 6.07) is 13.4. The second-order valence-electron chi connectivity index (χ2n) is 4.80. The highest BCUT2D eigenvalue weighted by Crippen LogP contribution is 2.43. The van der Waals surface area contributed by atoms with Crippen LogP contribution in [0.3, 0.4) is 0 Å². The first-order valence-corrected chi connectivity index (χ1v) is 8.85. The Bertz CT molecular complexity index is 708. The van der Waals surface area contributed by atoms with E-state index in [0.717, 1.165) is 15.7 Å². The van der Waals surface area contributed by atoms with Gasteiger partial charge in [0, 0.05) is 10.2 Å². The molecule has 0 bridgehead atoms. The van der Waals surface area contributed by atoms with Gasteiger partial charge in [-0.25, -0.2) is 0 Å². The van der Waals surface area contributed by atoms with Gasteiger partial charge in [0.1, 0.15) is 11.1 Å². The molecule has 0 N–H and O–H groups in total. The Morgan fingerprint density at radius 1 is 1.27 bits per heavy atom. The number of hydrogen-bond acceptors (Lipinski definition) is 3. The van der Waals surface area contributed by atoms with Gasteiger partial charge < -0.3 is 4.74 Å². The van der Waals surface area contributed by atoms with E-state index in [4.69, 9.17) is 16.3 Å². The summed E-state index contributed by atoms with van der Waals surface area (Å²) in [5.41, 5.74) is 1.87. The number of ether oxygens (including phenoxy) is 1. The fourth-order valence-electron chi connectivity index (χ4n) is 2.38. The molecule has 1 aliphatic heterocycles. The van der Waals surface area contributed by atoms with Crippen molar-refractivity contribution < 1.29 is 9.53 Å². The predicted octanol–water partition coefficient (Wildman–Crippen LogP) is 4.89. The average Bonchev–Trinajstić information content (AvgIpc) is 2.89. The Morgan fingerprint density at radius 3 is 2.64 bits per heavy atom. The highest BCUT2D eigenvalue weighted by atomic mass is 79.9. The number of thioether (sulfide) groups is 1. The van der Waals surface area contributed by atoms with Gasteiger partial charge in [0.15, 0.2) is 0 Å². The van der Waals surface area contributed by atoms with Crippen molar-refractivity contribution in [3.63, 3.8) is 0 Å². The minimum atomic E-state index is -0.0370. The van der Waals surface area contributed by atoms with Crippen molar-refractivity contribution >= 4 is 50.9 Å². The Labute approximate surface area is 146 Å². The van der Waals surface area contributed by atoms with Crippen LogP contribution in [0.5, 0.6) is 5.75 Å². The number of hydrogen-bond donors (Lipinski definition) is 0. The number of nitrogens with zero attached hydrogens (tertiary/aromatic N) is 1. The van der Waals surface area contributed by atoms with Crippen LogP contribution in [-0.2, 0) is 4.79 Å². The molecular formula is C16H13BrClNO2S. The molecule has 6 heteroatoms. The van der Waals surface area contributed by atoms with Crippen molar-refractivity contribution in [2.24, 2.45) is 0 Å². The van der Waals surface area contributed by atoms with Crippen LogP contribution in [0.1, 0.15) is 10.9 Å². The molecule has 1 unspecified atom stereocenters. The number of benzene rings is 2. The number of halogens is 2. The minimum absolute atomic E-state index is 0.0370. The molecule has 1 saturated heterocycles. The molecule has 1 fully saturated rings. The molecular weight excluding hydrogens is 386 g/mol. The maximum absolute atomic E-state index is 12.3. The van der Waals surface area contributed by atoms with Crippen molar-refractivity contribution in [1.82, 2.24) is 0 Å². The first-order chi connectivity index (χ1) is 10.6. The van der Waals surface area contributed by atoms with E-state index in [1.54, 1.807) is 35.9 Å². The number of anilines is 1. The lowest BCUT2D eigenvalue weighted by Crippen LogP contribution is -2.27. The lowest BCUT2D eigenvalue weighted by atomic mass is 10.2. The molecule has 3 nitrogen and oxygen atoms in total. The molecule has 0 spiro atoms. The average molecular weight is 399 g/mol. The molecule has 1 aliphatic rings. The normalized spacial score (nSPS) is 17.9. The number of amides is 1. The van der Waals surface area contributed by atoms with Crippen LogP contribution >= 0.6 is 39.3 Å². The van der Waals surface area contributed by atoms with Crippen molar-refractivity contribution in [3.05, 3.63) is 57.5 Å². The van der Waals surface area contributed by atoms with E-state index in [-0.39, 0.29) is 11.3 Å². The highest BCUT2D eigenvalue weighted by Gasteiger charge is 2.34. The number of carbonyl (C=O) groups excluding carboxylic acids is 1. The van der Waals surface area contributed by atoms with Crippen LogP contribution in [0.15, 0.2) is 46.9 Å². The summed E-state index contributed by atoms with van der Waals surface area (Å²) in [5, 5.41) is 0.462. The molecule has 3 rings (SSSR count). The van der Waals surface area contributed by atoms with Crippen molar-refractivity contribution in [2.45, 2.75) is 5.37 Å². The molecule has 0 radical (unpaired) electrons. The molecule has 114 valence electrons. The zero-order valence-corrected chi connectivity index (χ0v) is 14.9. The third-order valence-electron chi connectivity index (χ3n) is 3.44. The van der Waals surface area contributed by atoms with Crippen LogP contribution in [0.4, 0.5) is 5.69 Å². The van der Waals surface area contributed by atoms with Gasteiger partial charge in [-0.05, 0) is 35.9 Å². The number of methoxy groups -OCH3 is 1. The van der Waals surface area contributed by atoms with Crippen LogP contribution in [0.25, 0.3) is 0 Å². The molecule has 2 aromatic carbocycles. The largest absolute Gasteiger partial charge is 0.495 e. The number of rotatable bonds is 3.